The SMILES string of the molecule is CN1CCSC(CC(=O)O)CC1. The topological polar surface area (TPSA) is 40.5 Å². The summed E-state index contributed by atoms with van der Waals surface area (Å²) >= 11 is 1.79. The molecule has 4 heteroatoms. The lowest BCUT2D eigenvalue weighted by atomic mass is 10.2. The predicted molar refractivity (Wildman–Crippen MR) is 50.6 cm³/mol. The van der Waals surface area contributed by atoms with Crippen molar-refractivity contribution in [2.24, 2.45) is 0 Å². The zero-order valence-corrected chi connectivity index (χ0v) is 8.14. The highest BCUT2D eigenvalue weighted by Crippen LogP contribution is 2.21. The van der Waals surface area contributed by atoms with Gasteiger partial charge < -0.3 is 10.0 Å². The average Bonchev–Trinajstić information content (AvgIpc) is 2.15. The summed E-state index contributed by atoms with van der Waals surface area (Å²) in [6.07, 6.45) is 1.33. The number of carbonyl (C=O) groups is 1. The van der Waals surface area contributed by atoms with Crippen LogP contribution < -0.4 is 0 Å². The first-order chi connectivity index (χ1) is 5.68. The van der Waals surface area contributed by atoms with Gasteiger partial charge in [-0.2, -0.15) is 11.8 Å². The molecular weight excluding hydrogens is 174 g/mol. The fourth-order valence-electron chi connectivity index (χ4n) is 1.29. The third-order valence-corrected chi connectivity index (χ3v) is 3.35. The van der Waals surface area contributed by atoms with Crippen molar-refractivity contribution in [2.75, 3.05) is 25.9 Å². The van der Waals surface area contributed by atoms with Gasteiger partial charge >= 0.3 is 5.97 Å². The average molecular weight is 189 g/mol. The molecule has 0 aromatic rings. The zero-order valence-electron chi connectivity index (χ0n) is 7.32. The van der Waals surface area contributed by atoms with Crippen LogP contribution in [0.4, 0.5) is 0 Å². The molecule has 1 saturated heterocycles. The summed E-state index contributed by atoms with van der Waals surface area (Å²) in [5.41, 5.74) is 0. The van der Waals surface area contributed by atoms with E-state index < -0.39 is 5.97 Å². The monoisotopic (exact) mass is 189 g/mol. The van der Waals surface area contributed by atoms with Crippen LogP contribution in [0.15, 0.2) is 0 Å². The minimum atomic E-state index is -0.669. The summed E-state index contributed by atoms with van der Waals surface area (Å²) in [5.74, 6) is 0.395. The molecule has 0 aromatic heterocycles. The van der Waals surface area contributed by atoms with Crippen LogP contribution in [0.25, 0.3) is 0 Å². The molecule has 70 valence electrons. The Morgan fingerprint density at radius 1 is 1.67 bits per heavy atom. The first kappa shape index (κ1) is 9.86. The lowest BCUT2D eigenvalue weighted by molar-refractivity contribution is -0.137. The second kappa shape index (κ2) is 4.72. The summed E-state index contributed by atoms with van der Waals surface area (Å²) < 4.78 is 0. The van der Waals surface area contributed by atoms with Crippen LogP contribution in [0.1, 0.15) is 12.8 Å². The molecule has 1 fully saturated rings. The number of nitrogens with zero attached hydrogens (tertiary/aromatic N) is 1. The van der Waals surface area contributed by atoms with Crippen LogP contribution in [0.5, 0.6) is 0 Å². The van der Waals surface area contributed by atoms with Crippen molar-refractivity contribution in [1.29, 1.82) is 0 Å². The van der Waals surface area contributed by atoms with Crippen LogP contribution in [0.2, 0.25) is 0 Å². The largest absolute Gasteiger partial charge is 0.481 e. The smallest absolute Gasteiger partial charge is 0.304 e. The van der Waals surface area contributed by atoms with Crippen molar-refractivity contribution in [3.63, 3.8) is 0 Å². The maximum absolute atomic E-state index is 10.4. The zero-order chi connectivity index (χ0) is 8.97. The van der Waals surface area contributed by atoms with E-state index in [0.29, 0.717) is 11.7 Å². The Morgan fingerprint density at radius 2 is 2.42 bits per heavy atom. The fourth-order valence-corrected chi connectivity index (χ4v) is 2.57. The lowest BCUT2D eigenvalue weighted by Crippen LogP contribution is -2.21. The van der Waals surface area contributed by atoms with Crippen LogP contribution in [0, 0.1) is 0 Å². The molecule has 12 heavy (non-hydrogen) atoms. The molecule has 3 nitrogen and oxygen atoms in total. The molecule has 1 unspecified atom stereocenters. The van der Waals surface area contributed by atoms with Gasteiger partial charge in [-0.15, -0.1) is 0 Å². The van der Waals surface area contributed by atoms with Gasteiger partial charge in [0, 0.05) is 17.5 Å². The van der Waals surface area contributed by atoms with Crippen molar-refractivity contribution < 1.29 is 9.90 Å². The molecule has 1 N–H and O–H groups in total. The first-order valence-corrected chi connectivity index (χ1v) is 5.25. The molecule has 0 aliphatic carbocycles. The molecule has 0 spiro atoms. The second-order valence-electron chi connectivity index (χ2n) is 3.18. The number of thioether (sulfide) groups is 1. The number of rotatable bonds is 2. The normalized spacial score (nSPS) is 26.6. The Morgan fingerprint density at radius 3 is 3.08 bits per heavy atom. The Kier molecular flexibility index (Phi) is 3.88. The molecule has 1 aliphatic rings. The van der Waals surface area contributed by atoms with Gasteiger partial charge in [-0.05, 0) is 20.0 Å². The number of carboxylic acid groups (broad SMARTS) is 1. The van der Waals surface area contributed by atoms with Gasteiger partial charge in [0.1, 0.15) is 0 Å². The van der Waals surface area contributed by atoms with E-state index in [4.69, 9.17) is 5.11 Å². The van der Waals surface area contributed by atoms with E-state index in [1.54, 1.807) is 11.8 Å². The highest BCUT2D eigenvalue weighted by Gasteiger charge is 2.17. The van der Waals surface area contributed by atoms with Gasteiger partial charge in [0.2, 0.25) is 0 Å². The van der Waals surface area contributed by atoms with Crippen molar-refractivity contribution in [3.05, 3.63) is 0 Å². The molecule has 0 aromatic carbocycles. The first-order valence-electron chi connectivity index (χ1n) is 4.20. The van der Waals surface area contributed by atoms with Gasteiger partial charge in [-0.25, -0.2) is 0 Å². The van der Waals surface area contributed by atoms with Gasteiger partial charge in [-0.1, -0.05) is 0 Å². The summed E-state index contributed by atoms with van der Waals surface area (Å²) in [6.45, 7) is 2.12. The predicted octanol–water partition coefficient (Wildman–Crippen LogP) is 0.898. The molecule has 0 amide bonds. The molecular formula is C8H15NO2S. The van der Waals surface area contributed by atoms with E-state index in [1.807, 2.05) is 0 Å². The molecule has 1 aliphatic heterocycles. The third kappa shape index (κ3) is 3.45. The number of aliphatic carboxylic acids is 1. The Hall–Kier alpha value is -0.220. The summed E-state index contributed by atoms with van der Waals surface area (Å²) in [6, 6.07) is 0. The van der Waals surface area contributed by atoms with Crippen molar-refractivity contribution in [1.82, 2.24) is 4.90 Å². The molecule has 0 bridgehead atoms. The van der Waals surface area contributed by atoms with Crippen LogP contribution in [-0.4, -0.2) is 47.1 Å². The van der Waals surface area contributed by atoms with Crippen LogP contribution in [0.3, 0.4) is 0 Å². The standard InChI is InChI=1S/C8H15NO2S/c1-9-3-2-7(6-8(10)11)12-5-4-9/h7H,2-6H2,1H3,(H,10,11). The van der Waals surface area contributed by atoms with Crippen LogP contribution >= 0.6 is 11.8 Å². The molecule has 1 rings (SSSR count). The van der Waals surface area contributed by atoms with Gasteiger partial charge in [0.15, 0.2) is 0 Å². The van der Waals surface area contributed by atoms with E-state index in [2.05, 4.69) is 11.9 Å². The number of hydrogen-bond acceptors (Lipinski definition) is 3. The summed E-state index contributed by atoms with van der Waals surface area (Å²) in [4.78, 5) is 12.7. The van der Waals surface area contributed by atoms with E-state index in [-0.39, 0.29) is 0 Å². The number of hydrogen-bond donors (Lipinski definition) is 1. The minimum Gasteiger partial charge on any atom is -0.481 e. The van der Waals surface area contributed by atoms with Crippen molar-refractivity contribution in [2.45, 2.75) is 18.1 Å². The lowest BCUT2D eigenvalue weighted by Gasteiger charge is -2.11. The quantitative estimate of drug-likeness (QED) is 0.700. The highest BCUT2D eigenvalue weighted by molar-refractivity contribution is 7.99. The van der Waals surface area contributed by atoms with E-state index in [9.17, 15) is 4.79 Å². The maximum atomic E-state index is 10.4. The Bertz CT molecular complexity index is 163. The number of carboxylic acids is 1. The minimum absolute atomic E-state index is 0.318. The highest BCUT2D eigenvalue weighted by atomic mass is 32.2. The van der Waals surface area contributed by atoms with Crippen LogP contribution in [-0.2, 0) is 4.79 Å². The third-order valence-electron chi connectivity index (χ3n) is 2.06. The second-order valence-corrected chi connectivity index (χ2v) is 4.59. The molecule has 0 radical (unpaired) electrons. The van der Waals surface area contributed by atoms with Crippen molar-refractivity contribution in [3.8, 4) is 0 Å². The van der Waals surface area contributed by atoms with E-state index in [1.165, 1.54) is 0 Å². The maximum Gasteiger partial charge on any atom is 0.304 e. The fraction of sp³-hybridized carbons (Fsp3) is 0.875. The molecule has 1 atom stereocenters. The molecule has 1 heterocycles. The molecule has 0 saturated carbocycles. The van der Waals surface area contributed by atoms with E-state index in [0.717, 1.165) is 25.3 Å². The summed E-state index contributed by atoms with van der Waals surface area (Å²) in [7, 11) is 2.09. The Labute approximate surface area is 77.1 Å². The van der Waals surface area contributed by atoms with Gasteiger partial charge in [0.25, 0.3) is 0 Å². The Balaban J connectivity index is 2.30. The van der Waals surface area contributed by atoms with Crippen molar-refractivity contribution >= 4 is 17.7 Å². The van der Waals surface area contributed by atoms with Gasteiger partial charge in [-0.3, -0.25) is 4.79 Å². The van der Waals surface area contributed by atoms with Gasteiger partial charge in [0.05, 0.1) is 6.42 Å². The van der Waals surface area contributed by atoms with E-state index >= 15 is 0 Å². The summed E-state index contributed by atoms with van der Waals surface area (Å²) in [5, 5.41) is 8.92.